The van der Waals surface area contributed by atoms with Crippen molar-refractivity contribution in [2.24, 2.45) is 14.1 Å². The van der Waals surface area contributed by atoms with Gasteiger partial charge in [0.1, 0.15) is 17.8 Å². The summed E-state index contributed by atoms with van der Waals surface area (Å²) in [6.45, 7) is 7.58. The van der Waals surface area contributed by atoms with E-state index < -0.39 is 5.60 Å². The molecule has 2 aromatic heterocycles. The van der Waals surface area contributed by atoms with Crippen molar-refractivity contribution in [2.45, 2.75) is 39.8 Å². The van der Waals surface area contributed by atoms with E-state index in [-0.39, 0.29) is 18.2 Å². The summed E-state index contributed by atoms with van der Waals surface area (Å²) in [5, 5.41) is 4.74. The molecule has 4 aromatic rings. The largest absolute Gasteiger partial charge is 0.459 e. The summed E-state index contributed by atoms with van der Waals surface area (Å²) in [6.07, 6.45) is 1.86. The predicted molar refractivity (Wildman–Crippen MR) is 125 cm³/mol. The minimum Gasteiger partial charge on any atom is -0.459 e. The number of rotatable bonds is 4. The van der Waals surface area contributed by atoms with Crippen LogP contribution in [-0.2, 0) is 30.2 Å². The maximum atomic E-state index is 12.4. The maximum Gasteiger partial charge on any atom is 0.328 e. The molecule has 0 aliphatic carbocycles. The number of nitrogens with zero attached hydrogens (tertiary/aromatic N) is 4. The van der Waals surface area contributed by atoms with E-state index in [4.69, 9.17) is 9.84 Å². The minimum atomic E-state index is -0.560. The average Bonchev–Trinajstić information content (AvgIpc) is 3.22. The molecule has 4 rings (SSSR count). The van der Waals surface area contributed by atoms with Crippen molar-refractivity contribution in [1.82, 2.24) is 18.9 Å². The number of imidazole rings is 1. The number of aryl methyl sites for hydroxylation is 3. The average molecular weight is 433 g/mol. The molecule has 7 heteroatoms. The van der Waals surface area contributed by atoms with Crippen LogP contribution in [0.4, 0.5) is 0 Å². The Hall–Kier alpha value is -3.61. The van der Waals surface area contributed by atoms with Crippen molar-refractivity contribution < 1.29 is 9.53 Å². The molecule has 0 bridgehead atoms. The molecule has 0 aliphatic heterocycles. The van der Waals surface area contributed by atoms with E-state index in [1.54, 1.807) is 27.9 Å². The highest BCUT2D eigenvalue weighted by Gasteiger charge is 2.20. The lowest BCUT2D eigenvalue weighted by molar-refractivity contribution is -0.155. The number of fused-ring (bicyclic) bond motifs is 1. The maximum absolute atomic E-state index is 12.4. The Morgan fingerprint density at radius 3 is 2.41 bits per heavy atom. The number of esters is 1. The van der Waals surface area contributed by atoms with E-state index in [0.717, 1.165) is 39.0 Å². The van der Waals surface area contributed by atoms with Crippen LogP contribution in [0.15, 0.2) is 53.5 Å². The molecule has 0 N–H and O–H groups in total. The van der Waals surface area contributed by atoms with Gasteiger partial charge in [0.05, 0.1) is 11.0 Å². The monoisotopic (exact) mass is 432 g/mol. The van der Waals surface area contributed by atoms with Gasteiger partial charge in [-0.05, 0) is 51.5 Å². The molecule has 0 aliphatic rings. The van der Waals surface area contributed by atoms with Gasteiger partial charge in [0, 0.05) is 31.4 Å². The van der Waals surface area contributed by atoms with Crippen molar-refractivity contribution >= 4 is 17.0 Å². The fourth-order valence-corrected chi connectivity index (χ4v) is 3.90. The molecule has 0 atom stereocenters. The molecule has 0 unspecified atom stereocenters. The van der Waals surface area contributed by atoms with Gasteiger partial charge in [-0.2, -0.15) is 5.10 Å². The molecular formula is C25H28N4O3. The van der Waals surface area contributed by atoms with E-state index in [0.29, 0.717) is 0 Å². The molecule has 0 saturated heterocycles. The third-order valence-corrected chi connectivity index (χ3v) is 5.35. The fraction of sp³-hybridized carbons (Fsp3) is 0.320. The topological polar surface area (TPSA) is 71.1 Å². The van der Waals surface area contributed by atoms with Gasteiger partial charge in [0.2, 0.25) is 0 Å². The Bertz CT molecular complexity index is 1380. The van der Waals surface area contributed by atoms with Crippen molar-refractivity contribution in [1.29, 1.82) is 0 Å². The Kier molecular flexibility index (Phi) is 5.28. The van der Waals surface area contributed by atoms with Crippen molar-refractivity contribution in [2.75, 3.05) is 0 Å². The van der Waals surface area contributed by atoms with Crippen LogP contribution in [-0.4, -0.2) is 30.5 Å². The van der Waals surface area contributed by atoms with Gasteiger partial charge in [-0.3, -0.25) is 18.6 Å². The molecule has 0 amide bonds. The third-order valence-electron chi connectivity index (χ3n) is 5.35. The summed E-state index contributed by atoms with van der Waals surface area (Å²) >= 11 is 0. The molecule has 0 saturated carbocycles. The molecule has 0 radical (unpaired) electrons. The van der Waals surface area contributed by atoms with Crippen LogP contribution in [0, 0.1) is 6.92 Å². The van der Waals surface area contributed by atoms with Crippen molar-refractivity contribution in [3.05, 3.63) is 64.7 Å². The first kappa shape index (κ1) is 21.6. The fourth-order valence-electron chi connectivity index (χ4n) is 3.90. The van der Waals surface area contributed by atoms with Gasteiger partial charge in [0.25, 0.3) is 0 Å². The standard InChI is InChI=1S/C25H28N4O3/c1-16-8-7-9-18(12-16)23-19(14-29(26-23)15-22(30)32-25(2,3)4)17-10-11-20-21(13-17)28(6)24(31)27(20)5/h7-14H,15H2,1-6H3. The van der Waals surface area contributed by atoms with E-state index in [2.05, 4.69) is 6.07 Å². The number of hydrogen-bond acceptors (Lipinski definition) is 4. The number of aromatic nitrogens is 4. The quantitative estimate of drug-likeness (QED) is 0.456. The molecule has 2 aromatic carbocycles. The first-order valence-electron chi connectivity index (χ1n) is 10.6. The van der Waals surface area contributed by atoms with Gasteiger partial charge in [-0.1, -0.05) is 29.8 Å². The second-order valence-corrected chi connectivity index (χ2v) is 9.15. The second kappa shape index (κ2) is 7.82. The van der Waals surface area contributed by atoms with Gasteiger partial charge in [-0.15, -0.1) is 0 Å². The number of carbonyl (C=O) groups is 1. The highest BCUT2D eigenvalue weighted by Crippen LogP contribution is 2.33. The van der Waals surface area contributed by atoms with Crippen LogP contribution in [0.25, 0.3) is 33.4 Å². The summed E-state index contributed by atoms with van der Waals surface area (Å²) in [5.41, 5.74) is 5.73. The van der Waals surface area contributed by atoms with Crippen LogP contribution in [0.2, 0.25) is 0 Å². The number of carbonyl (C=O) groups excluding carboxylic acids is 1. The number of ether oxygens (including phenoxy) is 1. The third kappa shape index (κ3) is 4.10. The lowest BCUT2D eigenvalue weighted by atomic mass is 10.0. The molecule has 2 heterocycles. The second-order valence-electron chi connectivity index (χ2n) is 9.15. The van der Waals surface area contributed by atoms with E-state index in [1.807, 2.05) is 70.3 Å². The lowest BCUT2D eigenvalue weighted by Crippen LogP contribution is -2.26. The van der Waals surface area contributed by atoms with Crippen LogP contribution in [0.3, 0.4) is 0 Å². The summed E-state index contributed by atoms with van der Waals surface area (Å²) in [5.74, 6) is -0.344. The highest BCUT2D eigenvalue weighted by atomic mass is 16.6. The zero-order valence-electron chi connectivity index (χ0n) is 19.3. The Balaban J connectivity index is 1.84. The first-order chi connectivity index (χ1) is 15.0. The summed E-state index contributed by atoms with van der Waals surface area (Å²) in [6, 6.07) is 14.0. The SMILES string of the molecule is Cc1cccc(-c2nn(CC(=O)OC(C)(C)C)cc2-c2ccc3c(c2)n(C)c(=O)n3C)c1. The van der Waals surface area contributed by atoms with E-state index in [9.17, 15) is 9.59 Å². The smallest absolute Gasteiger partial charge is 0.328 e. The number of benzene rings is 2. The Morgan fingerprint density at radius 1 is 1.00 bits per heavy atom. The normalized spacial score (nSPS) is 11.8. The van der Waals surface area contributed by atoms with Crippen LogP contribution in [0.5, 0.6) is 0 Å². The van der Waals surface area contributed by atoms with Gasteiger partial charge in [-0.25, -0.2) is 4.79 Å². The minimum absolute atomic E-state index is 0.0160. The Morgan fingerprint density at radius 2 is 1.72 bits per heavy atom. The first-order valence-corrected chi connectivity index (χ1v) is 10.6. The lowest BCUT2D eigenvalue weighted by Gasteiger charge is -2.19. The number of hydrogen-bond donors (Lipinski definition) is 0. The summed E-state index contributed by atoms with van der Waals surface area (Å²) in [4.78, 5) is 24.8. The Labute approximate surface area is 186 Å². The molecule has 0 fully saturated rings. The summed E-state index contributed by atoms with van der Waals surface area (Å²) < 4.78 is 10.4. The zero-order chi connectivity index (χ0) is 23.2. The molecule has 32 heavy (non-hydrogen) atoms. The van der Waals surface area contributed by atoms with Gasteiger partial charge in [0.15, 0.2) is 0 Å². The molecule has 166 valence electrons. The van der Waals surface area contributed by atoms with E-state index in [1.165, 1.54) is 0 Å². The van der Waals surface area contributed by atoms with Gasteiger partial charge >= 0.3 is 11.7 Å². The van der Waals surface area contributed by atoms with Crippen molar-refractivity contribution in [3.63, 3.8) is 0 Å². The predicted octanol–water partition coefficient (Wildman–Crippen LogP) is 4.06. The van der Waals surface area contributed by atoms with Gasteiger partial charge < -0.3 is 4.74 Å². The molecular weight excluding hydrogens is 404 g/mol. The zero-order valence-corrected chi connectivity index (χ0v) is 19.3. The summed E-state index contributed by atoms with van der Waals surface area (Å²) in [7, 11) is 3.53. The van der Waals surface area contributed by atoms with E-state index >= 15 is 0 Å². The molecule has 7 nitrogen and oxygen atoms in total. The highest BCUT2D eigenvalue weighted by molar-refractivity contribution is 5.87. The van der Waals surface area contributed by atoms with Crippen LogP contribution >= 0.6 is 0 Å². The van der Waals surface area contributed by atoms with Crippen LogP contribution < -0.4 is 5.69 Å². The van der Waals surface area contributed by atoms with Crippen molar-refractivity contribution in [3.8, 4) is 22.4 Å². The molecule has 0 spiro atoms. The van der Waals surface area contributed by atoms with Crippen LogP contribution in [0.1, 0.15) is 26.3 Å².